The third-order valence-corrected chi connectivity index (χ3v) is 5.27. The monoisotopic (exact) mass is 356 g/mol. The Hall–Kier alpha value is -2.41. The zero-order valence-electron chi connectivity index (χ0n) is 15.0. The van der Waals surface area contributed by atoms with E-state index in [0.717, 1.165) is 50.5 Å². The average molecular weight is 356 g/mol. The van der Waals surface area contributed by atoms with Crippen molar-refractivity contribution in [3.8, 4) is 5.75 Å². The van der Waals surface area contributed by atoms with Crippen LogP contribution in [0.25, 0.3) is 0 Å². The lowest BCUT2D eigenvalue weighted by Crippen LogP contribution is -2.32. The highest BCUT2D eigenvalue weighted by Crippen LogP contribution is 2.29. The Morgan fingerprint density at radius 2 is 2.00 bits per heavy atom. The van der Waals surface area contributed by atoms with E-state index < -0.39 is 0 Å². The molecule has 1 amide bonds. The van der Waals surface area contributed by atoms with Crippen LogP contribution in [0.3, 0.4) is 0 Å². The van der Waals surface area contributed by atoms with Gasteiger partial charge in [-0.3, -0.25) is 9.69 Å². The molecule has 26 heavy (non-hydrogen) atoms. The van der Waals surface area contributed by atoms with Crippen LogP contribution >= 0.6 is 0 Å². The van der Waals surface area contributed by atoms with E-state index in [1.807, 2.05) is 12.1 Å². The van der Waals surface area contributed by atoms with Crippen LogP contribution in [0.5, 0.6) is 5.75 Å². The van der Waals surface area contributed by atoms with E-state index in [9.17, 15) is 4.79 Å². The smallest absolute Gasteiger partial charge is 0.249 e. The van der Waals surface area contributed by atoms with Gasteiger partial charge in [0.05, 0.1) is 7.11 Å². The number of piperidine rings is 1. The van der Waals surface area contributed by atoms with Gasteiger partial charge in [0.25, 0.3) is 0 Å². The largest absolute Gasteiger partial charge is 0.497 e. The van der Waals surface area contributed by atoms with E-state index in [1.165, 1.54) is 5.56 Å². The minimum atomic E-state index is -0.112. The predicted molar refractivity (Wildman–Crippen MR) is 94.7 cm³/mol. The lowest BCUT2D eigenvalue weighted by atomic mass is 9.96. The Labute approximate surface area is 152 Å². The topological polar surface area (TPSA) is 80.5 Å². The van der Waals surface area contributed by atoms with Crippen molar-refractivity contribution in [1.29, 1.82) is 0 Å². The Kier molecular flexibility index (Phi) is 4.88. The minimum absolute atomic E-state index is 0.0570. The molecule has 0 saturated carbocycles. The lowest BCUT2D eigenvalue weighted by molar-refractivity contribution is -0.119. The van der Waals surface area contributed by atoms with Crippen molar-refractivity contribution in [1.82, 2.24) is 20.4 Å². The van der Waals surface area contributed by atoms with Gasteiger partial charge in [-0.2, -0.15) is 4.98 Å². The third kappa shape index (κ3) is 3.72. The first-order valence-corrected chi connectivity index (χ1v) is 9.19. The summed E-state index contributed by atoms with van der Waals surface area (Å²) in [4.78, 5) is 18.4. The maximum Gasteiger partial charge on any atom is 0.249 e. The number of ether oxygens (including phenoxy) is 1. The van der Waals surface area contributed by atoms with Crippen LogP contribution in [-0.4, -0.2) is 41.1 Å². The summed E-state index contributed by atoms with van der Waals surface area (Å²) in [5.41, 5.74) is 1.29. The van der Waals surface area contributed by atoms with Gasteiger partial charge in [0, 0.05) is 18.9 Å². The number of hydrogen-bond acceptors (Lipinski definition) is 6. The van der Waals surface area contributed by atoms with Gasteiger partial charge in [-0.1, -0.05) is 17.3 Å². The van der Waals surface area contributed by atoms with Crippen LogP contribution in [0.1, 0.15) is 54.9 Å². The molecule has 2 aliphatic rings. The lowest BCUT2D eigenvalue weighted by Gasteiger charge is -2.30. The molecule has 0 spiro atoms. The van der Waals surface area contributed by atoms with Gasteiger partial charge in [0.1, 0.15) is 11.8 Å². The molecule has 4 rings (SSSR count). The maximum atomic E-state index is 11.3. The summed E-state index contributed by atoms with van der Waals surface area (Å²) in [6, 6.07) is 8.13. The van der Waals surface area contributed by atoms with E-state index in [2.05, 4.69) is 32.5 Å². The van der Waals surface area contributed by atoms with Gasteiger partial charge < -0.3 is 14.6 Å². The Balaban J connectivity index is 1.30. The van der Waals surface area contributed by atoms with Crippen molar-refractivity contribution in [3.63, 3.8) is 0 Å². The molecule has 0 radical (unpaired) electrons. The Bertz CT molecular complexity index is 750. The highest BCUT2D eigenvalue weighted by molar-refractivity contribution is 5.78. The summed E-state index contributed by atoms with van der Waals surface area (Å²) in [5, 5.41) is 7.04. The van der Waals surface area contributed by atoms with E-state index >= 15 is 0 Å². The molecule has 1 N–H and O–H groups in total. The van der Waals surface area contributed by atoms with Gasteiger partial charge >= 0.3 is 0 Å². The summed E-state index contributed by atoms with van der Waals surface area (Å²) in [6.45, 7) is 2.98. The number of carbonyl (C=O) groups is 1. The second kappa shape index (κ2) is 7.45. The van der Waals surface area contributed by atoms with Gasteiger partial charge in [0.2, 0.25) is 11.8 Å². The summed E-state index contributed by atoms with van der Waals surface area (Å²) < 4.78 is 10.6. The van der Waals surface area contributed by atoms with Crippen LogP contribution in [0, 0.1) is 0 Å². The SMILES string of the molecule is COc1ccc(CN2CCC(c3noc(C4CCC(=O)N4)n3)CC2)cc1. The van der Waals surface area contributed by atoms with Gasteiger partial charge in [-0.15, -0.1) is 0 Å². The van der Waals surface area contributed by atoms with Crippen molar-refractivity contribution in [3.05, 3.63) is 41.5 Å². The predicted octanol–water partition coefficient (Wildman–Crippen LogP) is 2.41. The molecule has 1 unspecified atom stereocenters. The quantitative estimate of drug-likeness (QED) is 0.886. The zero-order valence-corrected chi connectivity index (χ0v) is 15.0. The molecule has 7 heteroatoms. The summed E-state index contributed by atoms with van der Waals surface area (Å²) in [7, 11) is 1.68. The highest BCUT2D eigenvalue weighted by Gasteiger charge is 2.30. The molecule has 0 bridgehead atoms. The van der Waals surface area contributed by atoms with Gasteiger partial charge in [0.15, 0.2) is 5.82 Å². The molecule has 1 aromatic heterocycles. The molecule has 2 saturated heterocycles. The summed E-state index contributed by atoms with van der Waals surface area (Å²) in [6.07, 6.45) is 3.31. The number of benzene rings is 1. The summed E-state index contributed by atoms with van der Waals surface area (Å²) in [5.74, 6) is 2.61. The first-order chi connectivity index (χ1) is 12.7. The van der Waals surface area contributed by atoms with E-state index in [0.29, 0.717) is 18.2 Å². The molecule has 1 aromatic carbocycles. The maximum absolute atomic E-state index is 11.3. The van der Waals surface area contributed by atoms with Crippen molar-refractivity contribution < 1.29 is 14.1 Å². The molecule has 138 valence electrons. The molecule has 0 aliphatic carbocycles. The third-order valence-electron chi connectivity index (χ3n) is 5.27. The van der Waals surface area contributed by atoms with Crippen molar-refractivity contribution in [2.75, 3.05) is 20.2 Å². The fraction of sp³-hybridized carbons (Fsp3) is 0.526. The number of hydrogen-bond donors (Lipinski definition) is 1. The molecule has 3 heterocycles. The molecular formula is C19H24N4O3. The molecule has 2 fully saturated rings. The summed E-state index contributed by atoms with van der Waals surface area (Å²) >= 11 is 0. The van der Waals surface area contributed by atoms with E-state index in [-0.39, 0.29) is 11.9 Å². The van der Waals surface area contributed by atoms with Crippen LogP contribution < -0.4 is 10.1 Å². The number of aromatic nitrogens is 2. The van der Waals surface area contributed by atoms with Crippen LogP contribution in [-0.2, 0) is 11.3 Å². The van der Waals surface area contributed by atoms with Crippen LogP contribution in [0.15, 0.2) is 28.8 Å². The fourth-order valence-corrected chi connectivity index (χ4v) is 3.69. The first kappa shape index (κ1) is 17.0. The fourth-order valence-electron chi connectivity index (χ4n) is 3.69. The Morgan fingerprint density at radius 3 is 2.65 bits per heavy atom. The number of likely N-dealkylation sites (tertiary alicyclic amines) is 1. The van der Waals surface area contributed by atoms with Crippen molar-refractivity contribution in [2.24, 2.45) is 0 Å². The molecule has 7 nitrogen and oxygen atoms in total. The number of rotatable bonds is 5. The molecule has 2 aromatic rings. The molecular weight excluding hydrogens is 332 g/mol. The number of nitrogens with zero attached hydrogens (tertiary/aromatic N) is 3. The van der Waals surface area contributed by atoms with Crippen LogP contribution in [0.2, 0.25) is 0 Å². The highest BCUT2D eigenvalue weighted by atomic mass is 16.5. The Morgan fingerprint density at radius 1 is 1.23 bits per heavy atom. The standard InChI is InChI=1S/C19H24N4O3/c1-25-15-4-2-13(3-5-15)12-23-10-8-14(9-11-23)18-21-19(26-22-18)16-6-7-17(24)20-16/h2-5,14,16H,6-12H2,1H3,(H,20,24). The zero-order chi connectivity index (χ0) is 17.9. The minimum Gasteiger partial charge on any atom is -0.497 e. The van der Waals surface area contributed by atoms with Crippen LogP contribution in [0.4, 0.5) is 0 Å². The number of methoxy groups -OCH3 is 1. The van der Waals surface area contributed by atoms with Crippen molar-refractivity contribution >= 4 is 5.91 Å². The van der Waals surface area contributed by atoms with Gasteiger partial charge in [-0.25, -0.2) is 0 Å². The average Bonchev–Trinajstić information content (AvgIpc) is 3.32. The molecule has 2 aliphatic heterocycles. The second-order valence-electron chi connectivity index (χ2n) is 7.05. The van der Waals surface area contributed by atoms with E-state index in [1.54, 1.807) is 7.11 Å². The second-order valence-corrected chi connectivity index (χ2v) is 7.05. The molecule has 1 atom stereocenters. The van der Waals surface area contributed by atoms with E-state index in [4.69, 9.17) is 9.26 Å². The number of nitrogens with one attached hydrogen (secondary N) is 1. The number of amides is 1. The normalized spacial score (nSPS) is 21.7. The van der Waals surface area contributed by atoms with Gasteiger partial charge in [-0.05, 0) is 50.0 Å². The van der Waals surface area contributed by atoms with Crippen molar-refractivity contribution in [2.45, 2.75) is 44.2 Å². The number of carbonyl (C=O) groups excluding carboxylic acids is 1. The first-order valence-electron chi connectivity index (χ1n) is 9.19.